The van der Waals surface area contributed by atoms with Crippen LogP contribution >= 0.6 is 0 Å². The first-order valence-electron chi connectivity index (χ1n) is 8.54. The van der Waals surface area contributed by atoms with Crippen molar-refractivity contribution in [1.29, 1.82) is 0 Å². The number of nitrogen functional groups attached to an aromatic ring is 2. The molecule has 1 atom stereocenters. The summed E-state index contributed by atoms with van der Waals surface area (Å²) in [6, 6.07) is 1.40. The molecule has 0 amide bonds. The molecule has 24 heavy (non-hydrogen) atoms. The first-order valence-corrected chi connectivity index (χ1v) is 8.54. The molecule has 0 radical (unpaired) electrons. The fourth-order valence-corrected chi connectivity index (χ4v) is 4.12. The van der Waals surface area contributed by atoms with Crippen molar-refractivity contribution in [2.24, 2.45) is 5.41 Å². The van der Waals surface area contributed by atoms with Crippen LogP contribution in [-0.4, -0.2) is 58.2 Å². The number of nitrogens with zero attached hydrogens (tertiary/aromatic N) is 4. The number of piperidine rings is 1. The van der Waals surface area contributed by atoms with Gasteiger partial charge >= 0.3 is 5.97 Å². The molecule has 8 nitrogen and oxygen atoms in total. The van der Waals surface area contributed by atoms with E-state index in [2.05, 4.69) is 26.7 Å². The highest BCUT2D eigenvalue weighted by atomic mass is 16.4. The van der Waals surface area contributed by atoms with Crippen molar-refractivity contribution in [3.05, 3.63) is 6.07 Å². The van der Waals surface area contributed by atoms with Crippen LogP contribution in [0.3, 0.4) is 0 Å². The lowest BCUT2D eigenvalue weighted by Crippen LogP contribution is -2.42. The van der Waals surface area contributed by atoms with E-state index in [1.165, 1.54) is 0 Å². The average Bonchev–Trinajstić information content (AvgIpc) is 2.86. The van der Waals surface area contributed by atoms with Crippen LogP contribution in [0, 0.1) is 5.41 Å². The number of carbonyl (C=O) groups is 1. The third-order valence-electron chi connectivity index (χ3n) is 5.30. The molecule has 0 aliphatic carbocycles. The third kappa shape index (κ3) is 3.24. The lowest BCUT2D eigenvalue weighted by atomic mass is 9.76. The van der Waals surface area contributed by atoms with Crippen LogP contribution in [0.5, 0.6) is 0 Å². The number of hydrogen-bond acceptors (Lipinski definition) is 7. The van der Waals surface area contributed by atoms with Crippen molar-refractivity contribution in [2.75, 3.05) is 42.5 Å². The minimum Gasteiger partial charge on any atom is -0.480 e. The quantitative estimate of drug-likeness (QED) is 0.739. The number of carboxylic acids is 1. The van der Waals surface area contributed by atoms with E-state index in [1.54, 1.807) is 6.07 Å². The summed E-state index contributed by atoms with van der Waals surface area (Å²) in [5, 5.41) is 9.52. The molecule has 0 aromatic carbocycles. The van der Waals surface area contributed by atoms with Gasteiger partial charge in [-0.25, -0.2) is 0 Å². The fraction of sp³-hybridized carbons (Fsp3) is 0.688. The summed E-state index contributed by atoms with van der Waals surface area (Å²) < 4.78 is 0. The minimum atomic E-state index is -0.695. The Morgan fingerprint density at radius 1 is 1.38 bits per heavy atom. The van der Waals surface area contributed by atoms with Gasteiger partial charge in [0.25, 0.3) is 0 Å². The second-order valence-corrected chi connectivity index (χ2v) is 7.02. The number of aromatic nitrogens is 2. The molecule has 0 saturated carbocycles. The molecular formula is C16H26N6O2. The van der Waals surface area contributed by atoms with Crippen LogP contribution in [0.15, 0.2) is 6.07 Å². The Hall–Kier alpha value is -2.09. The zero-order valence-corrected chi connectivity index (χ0v) is 14.1. The highest BCUT2D eigenvalue weighted by Gasteiger charge is 2.47. The maximum atomic E-state index is 11.6. The molecule has 3 heterocycles. The molecule has 0 bridgehead atoms. The van der Waals surface area contributed by atoms with Crippen LogP contribution in [0.4, 0.5) is 17.6 Å². The topological polar surface area (TPSA) is 122 Å². The largest absolute Gasteiger partial charge is 0.480 e. The van der Waals surface area contributed by atoms with Gasteiger partial charge in [0.05, 0.1) is 0 Å². The molecule has 2 aliphatic heterocycles. The monoisotopic (exact) mass is 334 g/mol. The molecular weight excluding hydrogens is 308 g/mol. The predicted molar refractivity (Wildman–Crippen MR) is 92.6 cm³/mol. The van der Waals surface area contributed by atoms with E-state index >= 15 is 0 Å². The number of carboxylic acid groups (broad SMARTS) is 1. The van der Waals surface area contributed by atoms with Gasteiger partial charge in [-0.3, -0.25) is 9.69 Å². The summed E-state index contributed by atoms with van der Waals surface area (Å²) in [5.74, 6) is 0.622. The molecule has 2 fully saturated rings. The van der Waals surface area contributed by atoms with Crippen LogP contribution in [0.2, 0.25) is 0 Å². The lowest BCUT2D eigenvalue weighted by molar-refractivity contribution is -0.142. The molecule has 3 rings (SSSR count). The van der Waals surface area contributed by atoms with Gasteiger partial charge in [0, 0.05) is 25.7 Å². The Balaban J connectivity index is 1.69. The standard InChI is InChI=1S/C16H26N6O2/c1-2-5-22-10-16(9-11(22)14(23)24)3-6-21(7-4-16)13-8-12(17)19-15(18)20-13/h8,11H,2-7,9-10H2,1H3,(H,23,24)(H4,17,18,19,20). The molecule has 1 aromatic rings. The Morgan fingerprint density at radius 3 is 2.67 bits per heavy atom. The summed E-state index contributed by atoms with van der Waals surface area (Å²) in [6.45, 7) is 5.49. The first-order chi connectivity index (χ1) is 11.4. The maximum Gasteiger partial charge on any atom is 0.320 e. The Labute approximate surface area is 141 Å². The first kappa shape index (κ1) is 16.8. The lowest BCUT2D eigenvalue weighted by Gasteiger charge is -2.40. The van der Waals surface area contributed by atoms with E-state index in [1.807, 2.05) is 0 Å². The number of aliphatic carboxylic acids is 1. The Kier molecular flexibility index (Phi) is 4.49. The second kappa shape index (κ2) is 6.43. The van der Waals surface area contributed by atoms with Crippen LogP contribution in [0.25, 0.3) is 0 Å². The van der Waals surface area contributed by atoms with Crippen molar-refractivity contribution >= 4 is 23.6 Å². The molecule has 8 heteroatoms. The summed E-state index contributed by atoms with van der Waals surface area (Å²) in [4.78, 5) is 24.1. The van der Waals surface area contributed by atoms with Gasteiger partial charge in [-0.1, -0.05) is 6.92 Å². The number of hydrogen-bond donors (Lipinski definition) is 3. The Bertz CT molecular complexity index is 594. The normalized spacial score (nSPS) is 23.7. The zero-order chi connectivity index (χ0) is 17.3. The Morgan fingerprint density at radius 2 is 2.08 bits per heavy atom. The summed E-state index contributed by atoms with van der Waals surface area (Å²) in [6.07, 6.45) is 3.64. The predicted octanol–water partition coefficient (Wildman–Crippen LogP) is 0.797. The smallest absolute Gasteiger partial charge is 0.320 e. The van der Waals surface area contributed by atoms with E-state index in [-0.39, 0.29) is 17.4 Å². The summed E-state index contributed by atoms with van der Waals surface area (Å²) >= 11 is 0. The maximum absolute atomic E-state index is 11.6. The third-order valence-corrected chi connectivity index (χ3v) is 5.30. The van der Waals surface area contributed by atoms with Crippen molar-refractivity contribution in [3.8, 4) is 0 Å². The van der Waals surface area contributed by atoms with E-state index in [0.717, 1.165) is 57.7 Å². The number of nitrogens with two attached hydrogens (primary N) is 2. The van der Waals surface area contributed by atoms with Crippen molar-refractivity contribution in [2.45, 2.75) is 38.6 Å². The van der Waals surface area contributed by atoms with Crippen LogP contribution in [-0.2, 0) is 4.79 Å². The van der Waals surface area contributed by atoms with E-state index in [9.17, 15) is 9.90 Å². The van der Waals surface area contributed by atoms with E-state index in [4.69, 9.17) is 11.5 Å². The zero-order valence-electron chi connectivity index (χ0n) is 14.1. The molecule has 5 N–H and O–H groups in total. The summed E-state index contributed by atoms with van der Waals surface area (Å²) in [5.41, 5.74) is 11.5. The van der Waals surface area contributed by atoms with Gasteiger partial charge in [-0.15, -0.1) is 0 Å². The highest BCUT2D eigenvalue weighted by Crippen LogP contribution is 2.44. The molecule has 1 aromatic heterocycles. The van der Waals surface area contributed by atoms with Crippen molar-refractivity contribution < 1.29 is 9.90 Å². The van der Waals surface area contributed by atoms with Gasteiger partial charge in [0.2, 0.25) is 5.95 Å². The highest BCUT2D eigenvalue weighted by molar-refractivity contribution is 5.74. The second-order valence-electron chi connectivity index (χ2n) is 7.02. The van der Waals surface area contributed by atoms with Crippen molar-refractivity contribution in [1.82, 2.24) is 14.9 Å². The average molecular weight is 334 g/mol. The molecule has 1 unspecified atom stereocenters. The fourth-order valence-electron chi connectivity index (χ4n) is 4.12. The van der Waals surface area contributed by atoms with E-state index < -0.39 is 5.97 Å². The molecule has 1 spiro atoms. The molecule has 2 aliphatic rings. The number of anilines is 3. The van der Waals surface area contributed by atoms with Crippen molar-refractivity contribution in [3.63, 3.8) is 0 Å². The minimum absolute atomic E-state index is 0.0961. The van der Waals surface area contributed by atoms with Gasteiger partial charge < -0.3 is 21.5 Å². The van der Waals surface area contributed by atoms with Gasteiger partial charge in [-0.2, -0.15) is 9.97 Å². The molecule has 2 saturated heterocycles. The number of rotatable bonds is 4. The summed E-state index contributed by atoms with van der Waals surface area (Å²) in [7, 11) is 0. The van der Waals surface area contributed by atoms with Gasteiger partial charge in [-0.05, 0) is 37.6 Å². The van der Waals surface area contributed by atoms with E-state index in [0.29, 0.717) is 5.82 Å². The van der Waals surface area contributed by atoms with Crippen LogP contribution < -0.4 is 16.4 Å². The number of likely N-dealkylation sites (tertiary alicyclic amines) is 1. The molecule has 132 valence electrons. The SMILES string of the molecule is CCCN1CC2(CCN(c3cc(N)nc(N)n3)CC2)CC1C(=O)O. The van der Waals surface area contributed by atoms with Gasteiger partial charge in [0.1, 0.15) is 17.7 Å². The van der Waals surface area contributed by atoms with Crippen LogP contribution in [0.1, 0.15) is 32.6 Å². The van der Waals surface area contributed by atoms with Gasteiger partial charge in [0.15, 0.2) is 0 Å².